The molecule has 1 aromatic carbocycles. The van der Waals surface area contributed by atoms with E-state index in [0.29, 0.717) is 13.0 Å². The van der Waals surface area contributed by atoms with Crippen LogP contribution in [0.2, 0.25) is 0 Å². The van der Waals surface area contributed by atoms with E-state index in [-0.39, 0.29) is 18.6 Å². The van der Waals surface area contributed by atoms with Gasteiger partial charge >= 0.3 is 0 Å². The number of carbonyl (C=O) groups is 1. The Balaban J connectivity index is 2.72. The van der Waals surface area contributed by atoms with Crippen LogP contribution in [0.25, 0.3) is 0 Å². The summed E-state index contributed by atoms with van der Waals surface area (Å²) in [5.74, 6) is -0.0151. The zero-order chi connectivity index (χ0) is 16.0. The van der Waals surface area contributed by atoms with Gasteiger partial charge in [-0.15, -0.1) is 0 Å². The second-order valence-corrected chi connectivity index (χ2v) is 8.50. The summed E-state index contributed by atoms with van der Waals surface area (Å²) >= 11 is 6.76. The van der Waals surface area contributed by atoms with Crippen molar-refractivity contribution >= 4 is 79.4 Å². The van der Waals surface area contributed by atoms with Crippen molar-refractivity contribution in [2.24, 2.45) is 0 Å². The minimum Gasteiger partial charge on any atom is -0.396 e. The summed E-state index contributed by atoms with van der Waals surface area (Å²) < 4.78 is 3.25. The molecule has 0 bridgehead atoms. The fraction of sp³-hybridized carbons (Fsp3) is 0.500. The van der Waals surface area contributed by atoms with Gasteiger partial charge in [-0.05, 0) is 100 Å². The van der Waals surface area contributed by atoms with Gasteiger partial charge in [0.1, 0.15) is 0 Å². The Hall–Kier alpha value is 0.800. The van der Waals surface area contributed by atoms with E-state index in [2.05, 4.69) is 91.8 Å². The highest BCUT2D eigenvalue weighted by atomic mass is 127. The molecule has 0 spiro atoms. The van der Waals surface area contributed by atoms with Crippen LogP contribution in [0.4, 0.5) is 5.69 Å². The molecule has 0 fully saturated rings. The number of halogens is 3. The first-order valence-corrected chi connectivity index (χ1v) is 9.88. The van der Waals surface area contributed by atoms with Gasteiger partial charge in [0, 0.05) is 29.9 Å². The topological polar surface area (TPSA) is 52.6 Å². The predicted octanol–water partition coefficient (Wildman–Crippen LogP) is 3.53. The van der Waals surface area contributed by atoms with E-state index >= 15 is 0 Å². The predicted molar refractivity (Wildman–Crippen MR) is 112 cm³/mol. The molecule has 1 amide bonds. The van der Waals surface area contributed by atoms with Crippen LogP contribution in [-0.4, -0.2) is 41.7 Å². The highest BCUT2D eigenvalue weighted by Crippen LogP contribution is 2.27. The number of amides is 1. The van der Waals surface area contributed by atoms with Gasteiger partial charge in [0.15, 0.2) is 0 Å². The number of hydrogen-bond acceptors (Lipinski definition) is 3. The normalized spacial score (nSPS) is 11.2. The third kappa shape index (κ3) is 6.83. The maximum Gasteiger partial charge on any atom is 0.238 e. The van der Waals surface area contributed by atoms with Crippen molar-refractivity contribution in [2.75, 3.05) is 25.0 Å². The first-order chi connectivity index (χ1) is 9.85. The standard InChI is InChI=1S/C14H19I3N2O2/c1-9(2)19(4-3-5-20)8-13(21)18-14-11(16)6-10(15)7-12(14)17/h6-7,9,20H,3-5,8H2,1-2H3,(H,18,21). The maximum atomic E-state index is 12.3. The van der Waals surface area contributed by atoms with Gasteiger partial charge in [0.05, 0.1) is 12.2 Å². The second-order valence-electron chi connectivity index (χ2n) is 4.93. The van der Waals surface area contributed by atoms with Gasteiger partial charge in [-0.3, -0.25) is 9.69 Å². The molecular formula is C14H19I3N2O2. The number of carbonyl (C=O) groups excluding carboxylic acids is 1. The second kappa shape index (κ2) is 9.83. The Morgan fingerprint density at radius 1 is 1.29 bits per heavy atom. The summed E-state index contributed by atoms with van der Waals surface area (Å²) in [6.07, 6.45) is 0.685. The molecule has 0 atom stereocenters. The number of rotatable bonds is 7. The minimum atomic E-state index is -0.0151. The molecule has 118 valence electrons. The fourth-order valence-electron chi connectivity index (χ4n) is 1.82. The maximum absolute atomic E-state index is 12.3. The Morgan fingerprint density at radius 3 is 2.33 bits per heavy atom. The molecule has 4 nitrogen and oxygen atoms in total. The van der Waals surface area contributed by atoms with Crippen molar-refractivity contribution in [3.8, 4) is 0 Å². The van der Waals surface area contributed by atoms with E-state index in [1.165, 1.54) is 0 Å². The number of benzene rings is 1. The zero-order valence-corrected chi connectivity index (χ0v) is 18.5. The molecule has 21 heavy (non-hydrogen) atoms. The van der Waals surface area contributed by atoms with Crippen molar-refractivity contribution in [3.05, 3.63) is 22.8 Å². The summed E-state index contributed by atoms with van der Waals surface area (Å²) in [5, 5.41) is 11.9. The van der Waals surface area contributed by atoms with E-state index in [4.69, 9.17) is 5.11 Å². The average molecular weight is 628 g/mol. The molecule has 0 unspecified atom stereocenters. The molecule has 0 radical (unpaired) electrons. The molecule has 0 saturated carbocycles. The molecule has 2 N–H and O–H groups in total. The lowest BCUT2D eigenvalue weighted by molar-refractivity contribution is -0.117. The van der Waals surface area contributed by atoms with E-state index in [1.807, 2.05) is 12.1 Å². The Labute approximate surface area is 166 Å². The number of nitrogens with one attached hydrogen (secondary N) is 1. The van der Waals surface area contributed by atoms with Crippen LogP contribution >= 0.6 is 67.8 Å². The van der Waals surface area contributed by atoms with Gasteiger partial charge in [-0.2, -0.15) is 0 Å². The van der Waals surface area contributed by atoms with Crippen molar-refractivity contribution in [1.29, 1.82) is 0 Å². The first kappa shape index (κ1) is 19.8. The molecule has 0 heterocycles. The molecule has 0 saturated heterocycles. The van der Waals surface area contributed by atoms with Crippen LogP contribution in [0.5, 0.6) is 0 Å². The first-order valence-electron chi connectivity index (χ1n) is 6.64. The third-order valence-electron chi connectivity index (χ3n) is 2.95. The molecule has 0 aliphatic carbocycles. The van der Waals surface area contributed by atoms with Crippen LogP contribution in [0.1, 0.15) is 20.3 Å². The molecular weight excluding hydrogens is 609 g/mol. The van der Waals surface area contributed by atoms with Crippen LogP contribution in [-0.2, 0) is 4.79 Å². The van der Waals surface area contributed by atoms with Gasteiger partial charge < -0.3 is 10.4 Å². The van der Waals surface area contributed by atoms with Crippen LogP contribution < -0.4 is 5.32 Å². The molecule has 0 aliphatic rings. The average Bonchev–Trinajstić information content (AvgIpc) is 2.38. The van der Waals surface area contributed by atoms with Crippen molar-refractivity contribution in [1.82, 2.24) is 4.90 Å². The third-order valence-corrected chi connectivity index (χ3v) is 5.28. The molecule has 1 aromatic rings. The zero-order valence-electron chi connectivity index (χ0n) is 12.0. The summed E-state index contributed by atoms with van der Waals surface area (Å²) in [6, 6.07) is 4.37. The Kier molecular flexibility index (Phi) is 9.29. The fourth-order valence-corrected chi connectivity index (χ4v) is 5.67. The van der Waals surface area contributed by atoms with Crippen LogP contribution in [0.3, 0.4) is 0 Å². The number of aliphatic hydroxyl groups is 1. The molecule has 0 aliphatic heterocycles. The van der Waals surface area contributed by atoms with E-state index < -0.39 is 0 Å². The number of anilines is 1. The summed E-state index contributed by atoms with van der Waals surface area (Å²) in [6.45, 7) is 5.34. The van der Waals surface area contributed by atoms with Crippen LogP contribution in [0.15, 0.2) is 12.1 Å². The van der Waals surface area contributed by atoms with E-state index in [0.717, 1.165) is 22.9 Å². The SMILES string of the molecule is CC(C)N(CCCO)CC(=O)Nc1c(I)cc(I)cc1I. The van der Waals surface area contributed by atoms with Crippen molar-refractivity contribution < 1.29 is 9.90 Å². The largest absolute Gasteiger partial charge is 0.396 e. The lowest BCUT2D eigenvalue weighted by atomic mass is 10.2. The number of hydrogen-bond donors (Lipinski definition) is 2. The van der Waals surface area contributed by atoms with E-state index in [1.54, 1.807) is 0 Å². The number of nitrogens with zero attached hydrogens (tertiary/aromatic N) is 1. The highest BCUT2D eigenvalue weighted by molar-refractivity contribution is 14.1. The quantitative estimate of drug-likeness (QED) is 0.455. The van der Waals surface area contributed by atoms with Crippen molar-refractivity contribution in [2.45, 2.75) is 26.3 Å². The van der Waals surface area contributed by atoms with Gasteiger partial charge in [0.25, 0.3) is 0 Å². The Morgan fingerprint density at radius 2 is 1.86 bits per heavy atom. The minimum absolute atomic E-state index is 0.0151. The monoisotopic (exact) mass is 628 g/mol. The summed E-state index contributed by atoms with van der Waals surface area (Å²) in [4.78, 5) is 14.3. The smallest absolute Gasteiger partial charge is 0.238 e. The summed E-state index contributed by atoms with van der Waals surface area (Å²) in [7, 11) is 0. The van der Waals surface area contributed by atoms with Gasteiger partial charge in [-0.25, -0.2) is 0 Å². The van der Waals surface area contributed by atoms with Crippen LogP contribution in [0, 0.1) is 10.7 Å². The highest BCUT2D eigenvalue weighted by Gasteiger charge is 2.16. The van der Waals surface area contributed by atoms with E-state index in [9.17, 15) is 4.79 Å². The molecule has 0 aromatic heterocycles. The van der Waals surface area contributed by atoms with Gasteiger partial charge in [-0.1, -0.05) is 0 Å². The molecule has 1 rings (SSSR count). The lowest BCUT2D eigenvalue weighted by Gasteiger charge is -2.25. The summed E-state index contributed by atoms with van der Waals surface area (Å²) in [5.41, 5.74) is 0.882. The lowest BCUT2D eigenvalue weighted by Crippen LogP contribution is -2.39. The Bertz CT molecular complexity index is 472. The molecule has 7 heteroatoms. The van der Waals surface area contributed by atoms with Gasteiger partial charge in [0.2, 0.25) is 5.91 Å². The van der Waals surface area contributed by atoms with Crippen molar-refractivity contribution in [3.63, 3.8) is 0 Å². The number of aliphatic hydroxyl groups excluding tert-OH is 1.